The Morgan fingerprint density at radius 3 is 2.65 bits per heavy atom. The van der Waals surface area contributed by atoms with Crippen molar-refractivity contribution in [2.24, 2.45) is 0 Å². The molecule has 0 bridgehead atoms. The number of ether oxygens (including phenoxy) is 1. The van der Waals surface area contributed by atoms with E-state index in [1.807, 2.05) is 18.2 Å². The van der Waals surface area contributed by atoms with Crippen molar-refractivity contribution in [2.45, 2.75) is 26.3 Å². The SMILES string of the molecule is COc1ccc(Br)cc1C=CCNC(C)(C)C. The molecule has 1 N–H and O–H groups in total. The first-order chi connectivity index (χ1) is 7.92. The fourth-order valence-electron chi connectivity index (χ4n) is 1.39. The Hall–Kier alpha value is -0.800. The van der Waals surface area contributed by atoms with E-state index >= 15 is 0 Å². The minimum Gasteiger partial charge on any atom is -0.496 e. The predicted octanol–water partition coefficient (Wildman–Crippen LogP) is 3.86. The van der Waals surface area contributed by atoms with Gasteiger partial charge in [0, 0.05) is 22.1 Å². The summed E-state index contributed by atoms with van der Waals surface area (Å²) in [7, 11) is 1.69. The van der Waals surface area contributed by atoms with E-state index in [0.717, 1.165) is 22.3 Å². The molecule has 0 heterocycles. The summed E-state index contributed by atoms with van der Waals surface area (Å²) in [5.41, 5.74) is 1.23. The molecule has 3 heteroatoms. The molecule has 0 radical (unpaired) electrons. The van der Waals surface area contributed by atoms with Gasteiger partial charge in [-0.2, -0.15) is 0 Å². The highest BCUT2D eigenvalue weighted by Gasteiger charge is 2.06. The first kappa shape index (κ1) is 14.3. The van der Waals surface area contributed by atoms with Crippen LogP contribution in [0.2, 0.25) is 0 Å². The zero-order valence-electron chi connectivity index (χ0n) is 10.9. The molecule has 94 valence electrons. The molecular formula is C14H20BrNO. The average molecular weight is 298 g/mol. The maximum absolute atomic E-state index is 5.31. The van der Waals surface area contributed by atoms with Crippen LogP contribution in [0.3, 0.4) is 0 Å². The van der Waals surface area contributed by atoms with Crippen LogP contribution in [0.15, 0.2) is 28.7 Å². The summed E-state index contributed by atoms with van der Waals surface area (Å²) in [5.74, 6) is 0.889. The Labute approximate surface area is 112 Å². The van der Waals surface area contributed by atoms with Crippen molar-refractivity contribution in [3.8, 4) is 5.75 Å². The molecule has 0 aromatic heterocycles. The first-order valence-electron chi connectivity index (χ1n) is 5.67. The van der Waals surface area contributed by atoms with Crippen molar-refractivity contribution < 1.29 is 4.74 Å². The lowest BCUT2D eigenvalue weighted by Gasteiger charge is -2.18. The summed E-state index contributed by atoms with van der Waals surface area (Å²) in [6.45, 7) is 7.31. The molecule has 0 unspecified atom stereocenters. The molecule has 0 saturated carbocycles. The maximum Gasteiger partial charge on any atom is 0.126 e. The number of benzene rings is 1. The van der Waals surface area contributed by atoms with Crippen molar-refractivity contribution >= 4 is 22.0 Å². The van der Waals surface area contributed by atoms with Gasteiger partial charge in [0.15, 0.2) is 0 Å². The third-order valence-electron chi connectivity index (χ3n) is 2.24. The van der Waals surface area contributed by atoms with E-state index in [-0.39, 0.29) is 5.54 Å². The van der Waals surface area contributed by atoms with Gasteiger partial charge < -0.3 is 10.1 Å². The van der Waals surface area contributed by atoms with Gasteiger partial charge in [-0.1, -0.05) is 28.1 Å². The summed E-state index contributed by atoms with van der Waals surface area (Å²) in [6, 6.07) is 5.98. The van der Waals surface area contributed by atoms with E-state index in [1.54, 1.807) is 7.11 Å². The average Bonchev–Trinajstić information content (AvgIpc) is 2.23. The highest BCUT2D eigenvalue weighted by Crippen LogP contribution is 2.23. The molecule has 1 aromatic rings. The summed E-state index contributed by atoms with van der Waals surface area (Å²) in [5, 5.41) is 3.40. The number of rotatable bonds is 4. The molecule has 0 atom stereocenters. The smallest absolute Gasteiger partial charge is 0.126 e. The molecule has 1 rings (SSSR count). The van der Waals surface area contributed by atoms with E-state index in [0.29, 0.717) is 0 Å². The Kier molecular flexibility index (Phi) is 5.22. The van der Waals surface area contributed by atoms with Crippen LogP contribution < -0.4 is 10.1 Å². The Morgan fingerprint density at radius 2 is 2.06 bits per heavy atom. The minimum atomic E-state index is 0.145. The van der Waals surface area contributed by atoms with Gasteiger partial charge in [-0.15, -0.1) is 0 Å². The van der Waals surface area contributed by atoms with Crippen LogP contribution in [-0.4, -0.2) is 19.2 Å². The summed E-state index contributed by atoms with van der Waals surface area (Å²) in [4.78, 5) is 0. The molecule has 0 spiro atoms. The molecule has 0 aliphatic rings. The second-order valence-electron chi connectivity index (χ2n) is 4.92. The van der Waals surface area contributed by atoms with Crippen molar-refractivity contribution in [1.29, 1.82) is 0 Å². The van der Waals surface area contributed by atoms with E-state index in [4.69, 9.17) is 4.74 Å². The zero-order valence-corrected chi connectivity index (χ0v) is 12.5. The molecule has 2 nitrogen and oxygen atoms in total. The topological polar surface area (TPSA) is 21.3 Å². The Bertz CT molecular complexity index is 394. The molecule has 17 heavy (non-hydrogen) atoms. The van der Waals surface area contributed by atoms with Crippen molar-refractivity contribution in [1.82, 2.24) is 5.32 Å². The summed E-state index contributed by atoms with van der Waals surface area (Å²) in [6.07, 6.45) is 4.18. The molecule has 0 fully saturated rings. The lowest BCUT2D eigenvalue weighted by atomic mass is 10.1. The monoisotopic (exact) mass is 297 g/mol. The van der Waals surface area contributed by atoms with E-state index < -0.39 is 0 Å². The van der Waals surface area contributed by atoms with Gasteiger partial charge >= 0.3 is 0 Å². The Balaban J connectivity index is 2.67. The molecule has 1 aromatic carbocycles. The Morgan fingerprint density at radius 1 is 1.35 bits per heavy atom. The van der Waals surface area contributed by atoms with Gasteiger partial charge in [0.2, 0.25) is 0 Å². The number of hydrogen-bond acceptors (Lipinski definition) is 2. The van der Waals surface area contributed by atoms with Crippen LogP contribution in [0.25, 0.3) is 6.08 Å². The standard InChI is InChI=1S/C14H20BrNO/c1-14(2,3)16-9-5-6-11-10-12(15)7-8-13(11)17-4/h5-8,10,16H,9H2,1-4H3. The second kappa shape index (κ2) is 6.22. The molecule has 0 saturated heterocycles. The third-order valence-corrected chi connectivity index (χ3v) is 2.73. The van der Waals surface area contributed by atoms with Gasteiger partial charge in [0.25, 0.3) is 0 Å². The van der Waals surface area contributed by atoms with Crippen LogP contribution in [-0.2, 0) is 0 Å². The van der Waals surface area contributed by atoms with Crippen LogP contribution in [0.4, 0.5) is 0 Å². The summed E-state index contributed by atoms with van der Waals surface area (Å²) >= 11 is 3.46. The highest BCUT2D eigenvalue weighted by atomic mass is 79.9. The predicted molar refractivity (Wildman–Crippen MR) is 77.5 cm³/mol. The fourth-order valence-corrected chi connectivity index (χ4v) is 1.77. The van der Waals surface area contributed by atoms with E-state index in [9.17, 15) is 0 Å². The van der Waals surface area contributed by atoms with Crippen LogP contribution in [0, 0.1) is 0 Å². The lowest BCUT2D eigenvalue weighted by Crippen LogP contribution is -2.35. The quantitative estimate of drug-likeness (QED) is 0.911. The molecule has 0 amide bonds. The van der Waals surface area contributed by atoms with Crippen LogP contribution in [0.1, 0.15) is 26.3 Å². The van der Waals surface area contributed by atoms with Crippen LogP contribution in [0.5, 0.6) is 5.75 Å². The zero-order chi connectivity index (χ0) is 12.9. The second-order valence-corrected chi connectivity index (χ2v) is 5.84. The van der Waals surface area contributed by atoms with Crippen molar-refractivity contribution in [3.63, 3.8) is 0 Å². The van der Waals surface area contributed by atoms with Gasteiger partial charge in [0.1, 0.15) is 5.75 Å². The van der Waals surface area contributed by atoms with E-state index in [2.05, 4.69) is 54.2 Å². The lowest BCUT2D eigenvalue weighted by molar-refractivity contribution is 0.413. The summed E-state index contributed by atoms with van der Waals surface area (Å²) < 4.78 is 6.36. The van der Waals surface area contributed by atoms with Gasteiger partial charge in [-0.05, 0) is 39.0 Å². The molecular weight excluding hydrogens is 278 g/mol. The number of hydrogen-bond donors (Lipinski definition) is 1. The number of nitrogens with one attached hydrogen (secondary N) is 1. The number of methoxy groups -OCH3 is 1. The largest absolute Gasteiger partial charge is 0.496 e. The third kappa shape index (κ3) is 5.37. The van der Waals surface area contributed by atoms with E-state index in [1.165, 1.54) is 0 Å². The van der Waals surface area contributed by atoms with Gasteiger partial charge in [0.05, 0.1) is 7.11 Å². The molecule has 0 aliphatic carbocycles. The first-order valence-corrected chi connectivity index (χ1v) is 6.47. The van der Waals surface area contributed by atoms with Crippen molar-refractivity contribution in [2.75, 3.05) is 13.7 Å². The molecule has 0 aliphatic heterocycles. The van der Waals surface area contributed by atoms with Crippen LogP contribution >= 0.6 is 15.9 Å². The van der Waals surface area contributed by atoms with Gasteiger partial charge in [-0.3, -0.25) is 0 Å². The van der Waals surface area contributed by atoms with Crippen molar-refractivity contribution in [3.05, 3.63) is 34.3 Å². The normalized spacial score (nSPS) is 12.1. The fraction of sp³-hybridized carbons (Fsp3) is 0.429. The van der Waals surface area contributed by atoms with Gasteiger partial charge in [-0.25, -0.2) is 0 Å². The number of halogens is 1. The highest BCUT2D eigenvalue weighted by molar-refractivity contribution is 9.10. The maximum atomic E-state index is 5.31. The minimum absolute atomic E-state index is 0.145.